The summed E-state index contributed by atoms with van der Waals surface area (Å²) in [5.74, 6) is 23.1. The largest absolute Gasteiger partial charge is 0.493 e. The van der Waals surface area contributed by atoms with E-state index < -0.39 is 0 Å². The maximum Gasteiger partial charge on any atom is 0.161 e. The Morgan fingerprint density at radius 2 is 0.524 bits per heavy atom. The van der Waals surface area contributed by atoms with Crippen molar-refractivity contribution < 1.29 is 28.4 Å². The van der Waals surface area contributed by atoms with Crippen LogP contribution in [0.2, 0.25) is 0 Å². The lowest BCUT2D eigenvalue weighted by Crippen LogP contribution is -1.91. The van der Waals surface area contributed by atoms with Gasteiger partial charge in [0, 0.05) is 33.4 Å². The molecule has 0 radical (unpaired) electrons. The van der Waals surface area contributed by atoms with E-state index in [1.165, 1.54) is 0 Å². The minimum absolute atomic E-state index is 0.611. The first kappa shape index (κ1) is 29.3. The summed E-state index contributed by atoms with van der Waals surface area (Å²) < 4.78 is 32.2. The van der Waals surface area contributed by atoms with E-state index in [-0.39, 0.29) is 0 Å². The van der Waals surface area contributed by atoms with Gasteiger partial charge in [0.2, 0.25) is 0 Å². The summed E-state index contributed by atoms with van der Waals surface area (Å²) in [5.41, 5.74) is 4.65. The van der Waals surface area contributed by atoms with Crippen molar-refractivity contribution in [1.29, 1.82) is 0 Å². The molecule has 6 heteroatoms. The van der Waals surface area contributed by atoms with Gasteiger partial charge in [0.05, 0.1) is 42.7 Å². The number of benzene rings is 4. The van der Waals surface area contributed by atoms with E-state index in [0.29, 0.717) is 34.5 Å². The Labute approximate surface area is 247 Å². The summed E-state index contributed by atoms with van der Waals surface area (Å²) in [6, 6.07) is 22.4. The lowest BCUT2D eigenvalue weighted by molar-refractivity contribution is 0.355. The molecule has 0 aliphatic carbocycles. The second-order valence-electron chi connectivity index (χ2n) is 8.76. The van der Waals surface area contributed by atoms with Gasteiger partial charge in [0.25, 0.3) is 0 Å². The Balaban J connectivity index is 1.75. The summed E-state index contributed by atoms with van der Waals surface area (Å²) in [4.78, 5) is 0. The van der Waals surface area contributed by atoms with Crippen molar-refractivity contribution in [1.82, 2.24) is 0 Å². The zero-order valence-corrected chi connectivity index (χ0v) is 24.4. The molecular weight excluding hydrogens is 528 g/mol. The van der Waals surface area contributed by atoms with Gasteiger partial charge in [-0.1, -0.05) is 35.5 Å². The predicted octanol–water partition coefficient (Wildman–Crippen LogP) is 5.94. The highest BCUT2D eigenvalue weighted by Gasteiger charge is 2.05. The zero-order valence-electron chi connectivity index (χ0n) is 24.4. The van der Waals surface area contributed by atoms with Crippen molar-refractivity contribution in [2.75, 3.05) is 42.7 Å². The third-order valence-electron chi connectivity index (χ3n) is 6.14. The summed E-state index contributed by atoms with van der Waals surface area (Å²) in [6.07, 6.45) is 0. The first-order chi connectivity index (χ1) is 20.5. The highest BCUT2D eigenvalue weighted by molar-refractivity contribution is 5.58. The number of methoxy groups -OCH3 is 6. The molecule has 0 amide bonds. The van der Waals surface area contributed by atoms with E-state index in [0.717, 1.165) is 33.4 Å². The number of rotatable bonds is 6. The van der Waals surface area contributed by atoms with Gasteiger partial charge in [-0.15, -0.1) is 0 Å². The smallest absolute Gasteiger partial charge is 0.161 e. The molecule has 0 unspecified atom stereocenters. The molecule has 210 valence electrons. The lowest BCUT2D eigenvalue weighted by Gasteiger charge is -2.07. The van der Waals surface area contributed by atoms with Gasteiger partial charge in [-0.05, 0) is 72.8 Å². The molecule has 0 aliphatic rings. The first-order valence-corrected chi connectivity index (χ1v) is 12.9. The molecule has 0 aromatic heterocycles. The van der Waals surface area contributed by atoms with Gasteiger partial charge < -0.3 is 28.4 Å². The third-order valence-corrected chi connectivity index (χ3v) is 6.14. The highest BCUT2D eigenvalue weighted by Crippen LogP contribution is 2.29. The van der Waals surface area contributed by atoms with Crippen molar-refractivity contribution in [3.8, 4) is 70.0 Å². The summed E-state index contributed by atoms with van der Waals surface area (Å²) in [5, 5.41) is 0. The molecule has 0 N–H and O–H groups in total. The fraction of sp³-hybridized carbons (Fsp3) is 0.167. The third kappa shape index (κ3) is 7.30. The molecular formula is C36H30O6. The van der Waals surface area contributed by atoms with Crippen LogP contribution < -0.4 is 28.4 Å². The molecule has 6 nitrogen and oxygen atoms in total. The quantitative estimate of drug-likeness (QED) is 0.273. The standard InChI is InChI=1S/C36H30O6/c1-37-31-16-13-25(22-34(31)40-4)7-10-28-19-29(11-8-26-14-17-32(38-2)35(23-26)41-5)21-30(20-28)12-9-27-15-18-33(39-3)36(24-27)42-6/h13-24H,1-6H3. The normalized spacial score (nSPS) is 9.57. The Hall–Kier alpha value is -5.64. The second kappa shape index (κ2) is 14.1. The fourth-order valence-electron chi connectivity index (χ4n) is 4.02. The Morgan fingerprint density at radius 3 is 0.762 bits per heavy atom. The van der Waals surface area contributed by atoms with Crippen LogP contribution in [-0.2, 0) is 0 Å². The van der Waals surface area contributed by atoms with Crippen molar-refractivity contribution in [3.05, 3.63) is 106 Å². The number of hydrogen-bond donors (Lipinski definition) is 0. The summed E-state index contributed by atoms with van der Waals surface area (Å²) in [6.45, 7) is 0. The van der Waals surface area contributed by atoms with Gasteiger partial charge in [-0.2, -0.15) is 0 Å². The van der Waals surface area contributed by atoms with Crippen molar-refractivity contribution in [2.24, 2.45) is 0 Å². The maximum absolute atomic E-state index is 5.41. The molecule has 0 fully saturated rings. The van der Waals surface area contributed by atoms with Crippen LogP contribution in [0.1, 0.15) is 33.4 Å². The number of hydrogen-bond acceptors (Lipinski definition) is 6. The van der Waals surface area contributed by atoms with Crippen LogP contribution in [0.5, 0.6) is 34.5 Å². The van der Waals surface area contributed by atoms with Crippen LogP contribution in [0.4, 0.5) is 0 Å². The molecule has 0 spiro atoms. The lowest BCUT2D eigenvalue weighted by atomic mass is 10.0. The van der Waals surface area contributed by atoms with Crippen molar-refractivity contribution in [2.45, 2.75) is 0 Å². The SMILES string of the molecule is COc1ccc(C#Cc2cc(C#Cc3ccc(OC)c(OC)c3)cc(C#Cc3ccc(OC)c(OC)c3)c2)cc1OC. The highest BCUT2D eigenvalue weighted by atomic mass is 16.5. The second-order valence-corrected chi connectivity index (χ2v) is 8.76. The molecule has 42 heavy (non-hydrogen) atoms. The fourth-order valence-corrected chi connectivity index (χ4v) is 4.02. The van der Waals surface area contributed by atoms with E-state index in [1.807, 2.05) is 72.8 Å². The van der Waals surface area contributed by atoms with E-state index in [2.05, 4.69) is 35.5 Å². The topological polar surface area (TPSA) is 55.4 Å². The van der Waals surface area contributed by atoms with E-state index >= 15 is 0 Å². The molecule has 4 rings (SSSR count). The zero-order chi connectivity index (χ0) is 29.9. The van der Waals surface area contributed by atoms with Gasteiger partial charge in [0.15, 0.2) is 34.5 Å². The molecule has 0 atom stereocenters. The molecule has 0 saturated carbocycles. The molecule has 0 bridgehead atoms. The predicted molar refractivity (Wildman–Crippen MR) is 163 cm³/mol. The summed E-state index contributed by atoms with van der Waals surface area (Å²) >= 11 is 0. The molecule has 0 aliphatic heterocycles. The minimum atomic E-state index is 0.611. The van der Waals surface area contributed by atoms with Gasteiger partial charge >= 0.3 is 0 Å². The van der Waals surface area contributed by atoms with Crippen LogP contribution in [0, 0.1) is 35.5 Å². The Morgan fingerprint density at radius 1 is 0.286 bits per heavy atom. The van der Waals surface area contributed by atoms with Crippen LogP contribution in [0.25, 0.3) is 0 Å². The van der Waals surface area contributed by atoms with E-state index in [4.69, 9.17) is 28.4 Å². The van der Waals surface area contributed by atoms with Crippen LogP contribution in [0.3, 0.4) is 0 Å². The average molecular weight is 559 g/mol. The van der Waals surface area contributed by atoms with Gasteiger partial charge in [-0.25, -0.2) is 0 Å². The minimum Gasteiger partial charge on any atom is -0.493 e. The Bertz CT molecular complexity index is 1550. The van der Waals surface area contributed by atoms with Gasteiger partial charge in [-0.3, -0.25) is 0 Å². The van der Waals surface area contributed by atoms with Crippen molar-refractivity contribution in [3.63, 3.8) is 0 Å². The molecule has 4 aromatic carbocycles. The average Bonchev–Trinajstić information content (AvgIpc) is 3.04. The maximum atomic E-state index is 5.41. The number of ether oxygens (including phenoxy) is 6. The Kier molecular flexibility index (Phi) is 9.87. The van der Waals surface area contributed by atoms with Crippen molar-refractivity contribution >= 4 is 0 Å². The molecule has 0 saturated heterocycles. The van der Waals surface area contributed by atoms with E-state index in [9.17, 15) is 0 Å². The van der Waals surface area contributed by atoms with E-state index in [1.54, 1.807) is 42.7 Å². The first-order valence-electron chi connectivity index (χ1n) is 12.9. The van der Waals surface area contributed by atoms with Crippen LogP contribution in [0.15, 0.2) is 72.8 Å². The summed E-state index contributed by atoms with van der Waals surface area (Å²) in [7, 11) is 9.59. The monoisotopic (exact) mass is 558 g/mol. The molecule has 0 heterocycles. The van der Waals surface area contributed by atoms with Crippen LogP contribution >= 0.6 is 0 Å². The van der Waals surface area contributed by atoms with Gasteiger partial charge in [0.1, 0.15) is 0 Å². The van der Waals surface area contributed by atoms with Crippen LogP contribution in [-0.4, -0.2) is 42.7 Å². The molecule has 4 aromatic rings.